The van der Waals surface area contributed by atoms with Gasteiger partial charge in [0.2, 0.25) is 0 Å². The molecule has 1 aliphatic heterocycles. The molecule has 0 amide bonds. The maximum atomic E-state index is 3.51. The fraction of sp³-hybridized carbons (Fsp3) is 1.00. The first kappa shape index (κ1) is 9.40. The summed E-state index contributed by atoms with van der Waals surface area (Å²) in [6, 6.07) is 0.657. The van der Waals surface area contributed by atoms with Crippen LogP contribution in [-0.2, 0) is 0 Å². The van der Waals surface area contributed by atoms with Crippen molar-refractivity contribution in [2.24, 2.45) is 5.92 Å². The fourth-order valence-electron chi connectivity index (χ4n) is 1.35. The van der Waals surface area contributed by atoms with Crippen LogP contribution in [0.5, 0.6) is 0 Å². The maximum absolute atomic E-state index is 3.51. The van der Waals surface area contributed by atoms with Gasteiger partial charge in [-0.05, 0) is 36.8 Å². The molecular formula is C9H19NS. The summed E-state index contributed by atoms with van der Waals surface area (Å²) in [4.78, 5) is 0. The second kappa shape index (κ2) is 5.04. The van der Waals surface area contributed by atoms with Crippen molar-refractivity contribution in [1.29, 1.82) is 0 Å². The van der Waals surface area contributed by atoms with Gasteiger partial charge in [-0.3, -0.25) is 0 Å². The highest BCUT2D eigenvalue weighted by Crippen LogP contribution is 2.21. The Morgan fingerprint density at radius 3 is 2.55 bits per heavy atom. The molecule has 0 saturated carbocycles. The molecule has 0 bridgehead atoms. The molecule has 1 fully saturated rings. The van der Waals surface area contributed by atoms with Gasteiger partial charge in [-0.15, -0.1) is 0 Å². The average Bonchev–Trinajstić information content (AvgIpc) is 2.03. The Kier molecular flexibility index (Phi) is 4.31. The second-order valence-corrected chi connectivity index (χ2v) is 4.84. The van der Waals surface area contributed by atoms with Gasteiger partial charge < -0.3 is 5.32 Å². The minimum absolute atomic E-state index is 0.657. The van der Waals surface area contributed by atoms with Gasteiger partial charge in [-0.1, -0.05) is 13.8 Å². The lowest BCUT2D eigenvalue weighted by Crippen LogP contribution is -2.30. The highest BCUT2D eigenvalue weighted by Gasteiger charge is 2.12. The van der Waals surface area contributed by atoms with Gasteiger partial charge in [0.25, 0.3) is 0 Å². The molecule has 0 atom stereocenters. The van der Waals surface area contributed by atoms with Crippen molar-refractivity contribution in [2.45, 2.75) is 32.7 Å². The van der Waals surface area contributed by atoms with E-state index in [1.807, 2.05) is 0 Å². The lowest BCUT2D eigenvalue weighted by Gasteiger charge is -2.22. The monoisotopic (exact) mass is 173 g/mol. The van der Waals surface area contributed by atoms with Crippen LogP contribution >= 0.6 is 11.8 Å². The molecule has 1 N–H and O–H groups in total. The third-order valence-electron chi connectivity index (χ3n) is 2.16. The summed E-state index contributed by atoms with van der Waals surface area (Å²) in [6.45, 7) is 5.67. The van der Waals surface area contributed by atoms with Gasteiger partial charge in [0.05, 0.1) is 0 Å². The molecule has 1 nitrogen and oxygen atoms in total. The molecule has 66 valence electrons. The first-order chi connectivity index (χ1) is 5.29. The predicted molar refractivity (Wildman–Crippen MR) is 53.2 cm³/mol. The molecule has 0 aliphatic carbocycles. The quantitative estimate of drug-likeness (QED) is 0.701. The van der Waals surface area contributed by atoms with E-state index in [1.54, 1.807) is 0 Å². The smallest absolute Gasteiger partial charge is 0.00104 e. The molecule has 0 aromatic carbocycles. The van der Waals surface area contributed by atoms with Crippen molar-refractivity contribution in [2.75, 3.05) is 18.1 Å². The molecule has 1 heterocycles. The van der Waals surface area contributed by atoms with Gasteiger partial charge in [-0.2, -0.15) is 11.8 Å². The first-order valence-electron chi connectivity index (χ1n) is 4.60. The van der Waals surface area contributed by atoms with E-state index in [-0.39, 0.29) is 0 Å². The van der Waals surface area contributed by atoms with Crippen molar-refractivity contribution >= 4 is 11.8 Å². The van der Waals surface area contributed by atoms with Crippen molar-refractivity contribution in [1.82, 2.24) is 5.32 Å². The number of thioether (sulfide) groups is 1. The molecule has 0 aromatic heterocycles. The summed E-state index contributed by atoms with van der Waals surface area (Å²) in [5.74, 6) is 3.72. The van der Waals surface area contributed by atoms with Gasteiger partial charge in [-0.25, -0.2) is 0 Å². The molecule has 0 unspecified atom stereocenters. The Bertz CT molecular complexity index is 97.7. The van der Waals surface area contributed by atoms with E-state index in [0.717, 1.165) is 5.92 Å². The van der Waals surface area contributed by atoms with Crippen LogP contribution in [-0.4, -0.2) is 24.1 Å². The molecule has 0 aromatic rings. The number of hydrogen-bond acceptors (Lipinski definition) is 2. The van der Waals surface area contributed by atoms with Crippen LogP contribution < -0.4 is 5.32 Å². The Morgan fingerprint density at radius 1 is 1.36 bits per heavy atom. The molecule has 0 radical (unpaired) electrons. The standard InChI is InChI=1S/C9H19NS/c1-8(2)10-7-9-3-5-11-6-4-9/h8-10H,3-7H2,1-2H3. The third kappa shape index (κ3) is 4.02. The van der Waals surface area contributed by atoms with Crippen LogP contribution in [0.4, 0.5) is 0 Å². The van der Waals surface area contributed by atoms with E-state index < -0.39 is 0 Å². The van der Waals surface area contributed by atoms with Crippen LogP contribution in [0.25, 0.3) is 0 Å². The zero-order valence-electron chi connectivity index (χ0n) is 7.60. The zero-order valence-corrected chi connectivity index (χ0v) is 8.41. The summed E-state index contributed by atoms with van der Waals surface area (Å²) in [5, 5.41) is 3.51. The van der Waals surface area contributed by atoms with E-state index in [1.165, 1.54) is 30.9 Å². The Labute approximate surface area is 74.3 Å². The minimum atomic E-state index is 0.657. The van der Waals surface area contributed by atoms with Crippen LogP contribution in [0.2, 0.25) is 0 Å². The van der Waals surface area contributed by atoms with Crippen molar-refractivity contribution < 1.29 is 0 Å². The van der Waals surface area contributed by atoms with Crippen LogP contribution in [0.3, 0.4) is 0 Å². The van der Waals surface area contributed by atoms with Gasteiger partial charge in [0.1, 0.15) is 0 Å². The summed E-state index contributed by atoms with van der Waals surface area (Å²) in [7, 11) is 0. The first-order valence-corrected chi connectivity index (χ1v) is 5.75. The molecule has 1 saturated heterocycles. The second-order valence-electron chi connectivity index (χ2n) is 3.62. The molecule has 0 spiro atoms. The van der Waals surface area contributed by atoms with E-state index in [4.69, 9.17) is 0 Å². The molecule has 11 heavy (non-hydrogen) atoms. The Balaban J connectivity index is 2.05. The van der Waals surface area contributed by atoms with Gasteiger partial charge in [0, 0.05) is 6.04 Å². The minimum Gasteiger partial charge on any atom is -0.314 e. The topological polar surface area (TPSA) is 12.0 Å². The zero-order chi connectivity index (χ0) is 8.10. The van der Waals surface area contributed by atoms with E-state index in [9.17, 15) is 0 Å². The van der Waals surface area contributed by atoms with E-state index in [2.05, 4.69) is 30.9 Å². The highest BCUT2D eigenvalue weighted by molar-refractivity contribution is 7.99. The molecule has 1 aliphatic rings. The lowest BCUT2D eigenvalue weighted by atomic mass is 10.0. The summed E-state index contributed by atoms with van der Waals surface area (Å²) in [6.07, 6.45) is 2.84. The van der Waals surface area contributed by atoms with Crippen LogP contribution in [0.15, 0.2) is 0 Å². The maximum Gasteiger partial charge on any atom is 0.00104 e. The summed E-state index contributed by atoms with van der Waals surface area (Å²) >= 11 is 2.11. The van der Waals surface area contributed by atoms with Gasteiger partial charge >= 0.3 is 0 Å². The van der Waals surface area contributed by atoms with Gasteiger partial charge in [0.15, 0.2) is 0 Å². The molecule has 2 heteroatoms. The Morgan fingerprint density at radius 2 is 2.00 bits per heavy atom. The van der Waals surface area contributed by atoms with E-state index in [0.29, 0.717) is 6.04 Å². The van der Waals surface area contributed by atoms with Crippen LogP contribution in [0, 0.1) is 5.92 Å². The molecular weight excluding hydrogens is 154 g/mol. The normalized spacial score (nSPS) is 21.0. The third-order valence-corrected chi connectivity index (χ3v) is 3.20. The van der Waals surface area contributed by atoms with Crippen LogP contribution in [0.1, 0.15) is 26.7 Å². The largest absolute Gasteiger partial charge is 0.314 e. The van der Waals surface area contributed by atoms with Crippen molar-refractivity contribution in [3.8, 4) is 0 Å². The molecule has 1 rings (SSSR count). The highest BCUT2D eigenvalue weighted by atomic mass is 32.2. The summed E-state index contributed by atoms with van der Waals surface area (Å²) in [5.41, 5.74) is 0. The SMILES string of the molecule is CC(C)NCC1CCSCC1. The number of hydrogen-bond donors (Lipinski definition) is 1. The number of rotatable bonds is 3. The lowest BCUT2D eigenvalue weighted by molar-refractivity contribution is 0.426. The van der Waals surface area contributed by atoms with Crippen molar-refractivity contribution in [3.05, 3.63) is 0 Å². The van der Waals surface area contributed by atoms with Crippen molar-refractivity contribution in [3.63, 3.8) is 0 Å². The van der Waals surface area contributed by atoms with E-state index >= 15 is 0 Å². The average molecular weight is 173 g/mol. The predicted octanol–water partition coefficient (Wildman–Crippen LogP) is 2.13. The summed E-state index contributed by atoms with van der Waals surface area (Å²) < 4.78 is 0. The number of nitrogens with one attached hydrogen (secondary N) is 1. The fourth-order valence-corrected chi connectivity index (χ4v) is 2.56. The Hall–Kier alpha value is 0.310.